The van der Waals surface area contributed by atoms with Crippen LogP contribution in [0.2, 0.25) is 0 Å². The molecule has 5 heteroatoms. The second kappa shape index (κ2) is 6.32. The van der Waals surface area contributed by atoms with E-state index in [9.17, 15) is 4.79 Å². The summed E-state index contributed by atoms with van der Waals surface area (Å²) < 4.78 is 1.93. The van der Waals surface area contributed by atoms with Gasteiger partial charge in [-0.15, -0.1) is 0 Å². The predicted molar refractivity (Wildman–Crippen MR) is 78.3 cm³/mol. The number of pyridine rings is 1. The third kappa shape index (κ3) is 3.44. The average Bonchev–Trinajstić information content (AvgIpc) is 2.93. The molecule has 0 saturated carbocycles. The standard InChI is InChI=1S/C15H20N4O/c1-11(2)6-7-19-10-13(9-18-19)14-5-4-12(8-17-14)15(20)16-3/h4-5,8-11H,6-7H2,1-3H3,(H,16,20). The Morgan fingerprint density at radius 2 is 2.15 bits per heavy atom. The van der Waals surface area contributed by atoms with Crippen LogP contribution in [0.1, 0.15) is 30.6 Å². The van der Waals surface area contributed by atoms with E-state index in [1.807, 2.05) is 23.1 Å². The van der Waals surface area contributed by atoms with E-state index in [-0.39, 0.29) is 5.91 Å². The quantitative estimate of drug-likeness (QED) is 0.909. The number of carbonyl (C=O) groups excluding carboxylic acids is 1. The lowest BCUT2D eigenvalue weighted by Crippen LogP contribution is -2.17. The van der Waals surface area contributed by atoms with Crippen molar-refractivity contribution < 1.29 is 4.79 Å². The SMILES string of the molecule is CNC(=O)c1ccc(-c2cnn(CCC(C)C)c2)nc1. The van der Waals surface area contributed by atoms with Gasteiger partial charge in [0.15, 0.2) is 0 Å². The van der Waals surface area contributed by atoms with E-state index >= 15 is 0 Å². The van der Waals surface area contributed by atoms with Crippen molar-refractivity contribution in [2.45, 2.75) is 26.8 Å². The number of amides is 1. The van der Waals surface area contributed by atoms with E-state index in [0.29, 0.717) is 11.5 Å². The fourth-order valence-electron chi connectivity index (χ4n) is 1.85. The van der Waals surface area contributed by atoms with Gasteiger partial charge in [0.2, 0.25) is 0 Å². The molecule has 1 N–H and O–H groups in total. The summed E-state index contributed by atoms with van der Waals surface area (Å²) in [4.78, 5) is 15.8. The van der Waals surface area contributed by atoms with Gasteiger partial charge in [-0.05, 0) is 24.5 Å². The molecule has 20 heavy (non-hydrogen) atoms. The third-order valence-electron chi connectivity index (χ3n) is 3.12. The first-order valence-corrected chi connectivity index (χ1v) is 6.81. The highest BCUT2D eigenvalue weighted by Crippen LogP contribution is 2.16. The van der Waals surface area contributed by atoms with Crippen LogP contribution in [0.3, 0.4) is 0 Å². The molecule has 2 aromatic heterocycles. The maximum Gasteiger partial charge on any atom is 0.252 e. The smallest absolute Gasteiger partial charge is 0.252 e. The summed E-state index contributed by atoms with van der Waals surface area (Å²) in [6, 6.07) is 3.61. The first-order valence-electron chi connectivity index (χ1n) is 6.81. The Hall–Kier alpha value is -2.17. The molecule has 2 rings (SSSR count). The van der Waals surface area contributed by atoms with Gasteiger partial charge in [-0.25, -0.2) is 0 Å². The van der Waals surface area contributed by atoms with Crippen molar-refractivity contribution >= 4 is 5.91 Å². The second-order valence-electron chi connectivity index (χ2n) is 5.19. The topological polar surface area (TPSA) is 59.8 Å². The molecule has 0 fully saturated rings. The lowest BCUT2D eigenvalue weighted by atomic mass is 10.1. The summed E-state index contributed by atoms with van der Waals surface area (Å²) in [5.74, 6) is 0.532. The van der Waals surface area contributed by atoms with Crippen LogP contribution < -0.4 is 5.32 Å². The Morgan fingerprint density at radius 1 is 1.35 bits per heavy atom. The van der Waals surface area contributed by atoms with Gasteiger partial charge in [0.25, 0.3) is 5.91 Å². The lowest BCUT2D eigenvalue weighted by Gasteiger charge is -2.04. The molecule has 0 aliphatic rings. The van der Waals surface area contributed by atoms with Crippen molar-refractivity contribution in [2.24, 2.45) is 5.92 Å². The van der Waals surface area contributed by atoms with E-state index < -0.39 is 0 Å². The highest BCUT2D eigenvalue weighted by molar-refractivity contribution is 5.93. The number of hydrogen-bond acceptors (Lipinski definition) is 3. The maximum absolute atomic E-state index is 11.4. The monoisotopic (exact) mass is 272 g/mol. The first-order chi connectivity index (χ1) is 9.60. The van der Waals surface area contributed by atoms with Gasteiger partial charge in [-0.2, -0.15) is 5.10 Å². The van der Waals surface area contributed by atoms with E-state index in [1.54, 1.807) is 19.3 Å². The van der Waals surface area contributed by atoms with Crippen molar-refractivity contribution in [3.63, 3.8) is 0 Å². The molecule has 1 amide bonds. The van der Waals surface area contributed by atoms with Gasteiger partial charge in [0, 0.05) is 31.5 Å². The molecule has 2 heterocycles. The Balaban J connectivity index is 2.10. The number of rotatable bonds is 5. The van der Waals surface area contributed by atoms with Crippen LogP contribution in [0.4, 0.5) is 0 Å². The summed E-state index contributed by atoms with van der Waals surface area (Å²) >= 11 is 0. The minimum atomic E-state index is -0.128. The Morgan fingerprint density at radius 3 is 2.75 bits per heavy atom. The van der Waals surface area contributed by atoms with E-state index in [0.717, 1.165) is 24.2 Å². The molecule has 0 aliphatic carbocycles. The molecule has 106 valence electrons. The van der Waals surface area contributed by atoms with Gasteiger partial charge < -0.3 is 5.32 Å². The normalized spacial score (nSPS) is 10.8. The van der Waals surface area contributed by atoms with Crippen molar-refractivity contribution in [2.75, 3.05) is 7.05 Å². The molecular formula is C15H20N4O. The lowest BCUT2D eigenvalue weighted by molar-refractivity contribution is 0.0963. The van der Waals surface area contributed by atoms with Gasteiger partial charge in [-0.3, -0.25) is 14.5 Å². The van der Waals surface area contributed by atoms with Gasteiger partial charge >= 0.3 is 0 Å². The highest BCUT2D eigenvalue weighted by Gasteiger charge is 2.07. The third-order valence-corrected chi connectivity index (χ3v) is 3.12. The molecule has 0 aliphatic heterocycles. The molecule has 5 nitrogen and oxygen atoms in total. The Kier molecular flexibility index (Phi) is 4.50. The predicted octanol–water partition coefficient (Wildman–Crippen LogP) is 2.35. The summed E-state index contributed by atoms with van der Waals surface area (Å²) in [7, 11) is 1.61. The molecule has 2 aromatic rings. The summed E-state index contributed by atoms with van der Waals surface area (Å²) in [6.07, 6.45) is 6.48. The molecule has 0 atom stereocenters. The van der Waals surface area contributed by atoms with Crippen LogP contribution in [0.5, 0.6) is 0 Å². The number of carbonyl (C=O) groups is 1. The number of nitrogens with one attached hydrogen (secondary N) is 1. The van der Waals surface area contributed by atoms with Crippen LogP contribution in [0.15, 0.2) is 30.7 Å². The average molecular weight is 272 g/mol. The minimum Gasteiger partial charge on any atom is -0.355 e. The van der Waals surface area contributed by atoms with Gasteiger partial charge in [0.05, 0.1) is 17.5 Å². The van der Waals surface area contributed by atoms with Crippen molar-refractivity contribution in [1.29, 1.82) is 0 Å². The molecule has 0 radical (unpaired) electrons. The van der Waals surface area contributed by atoms with E-state index in [1.165, 1.54) is 0 Å². The molecular weight excluding hydrogens is 252 g/mol. The molecule has 0 aromatic carbocycles. The van der Waals surface area contributed by atoms with Crippen molar-refractivity contribution in [3.8, 4) is 11.3 Å². The van der Waals surface area contributed by atoms with Gasteiger partial charge in [-0.1, -0.05) is 13.8 Å². The summed E-state index contributed by atoms with van der Waals surface area (Å²) in [5.41, 5.74) is 2.36. The van der Waals surface area contributed by atoms with Gasteiger partial charge in [0.1, 0.15) is 0 Å². The van der Waals surface area contributed by atoms with Crippen LogP contribution in [-0.4, -0.2) is 27.7 Å². The minimum absolute atomic E-state index is 0.128. The van der Waals surface area contributed by atoms with Crippen LogP contribution >= 0.6 is 0 Å². The fraction of sp³-hybridized carbons (Fsp3) is 0.400. The summed E-state index contributed by atoms with van der Waals surface area (Å²) in [5, 5.41) is 6.91. The maximum atomic E-state index is 11.4. The Bertz CT molecular complexity index is 572. The van der Waals surface area contributed by atoms with Crippen LogP contribution in [-0.2, 0) is 6.54 Å². The first kappa shape index (κ1) is 14.2. The molecule has 0 bridgehead atoms. The van der Waals surface area contributed by atoms with Crippen molar-refractivity contribution in [3.05, 3.63) is 36.3 Å². The highest BCUT2D eigenvalue weighted by atomic mass is 16.1. The molecule has 0 unspecified atom stereocenters. The molecule has 0 saturated heterocycles. The zero-order valence-electron chi connectivity index (χ0n) is 12.1. The zero-order valence-corrected chi connectivity index (χ0v) is 12.1. The van der Waals surface area contributed by atoms with Crippen molar-refractivity contribution in [1.82, 2.24) is 20.1 Å². The number of aryl methyl sites for hydroxylation is 1. The fourth-order valence-corrected chi connectivity index (χ4v) is 1.85. The number of nitrogens with zero attached hydrogens (tertiary/aromatic N) is 3. The zero-order chi connectivity index (χ0) is 14.5. The summed E-state index contributed by atoms with van der Waals surface area (Å²) in [6.45, 7) is 5.31. The second-order valence-corrected chi connectivity index (χ2v) is 5.19. The van der Waals surface area contributed by atoms with Crippen LogP contribution in [0.25, 0.3) is 11.3 Å². The number of aromatic nitrogens is 3. The van der Waals surface area contributed by atoms with E-state index in [2.05, 4.69) is 29.2 Å². The number of hydrogen-bond donors (Lipinski definition) is 1. The van der Waals surface area contributed by atoms with E-state index in [4.69, 9.17) is 0 Å². The molecule has 0 spiro atoms. The Labute approximate surface area is 119 Å². The largest absolute Gasteiger partial charge is 0.355 e. The van der Waals surface area contributed by atoms with Crippen LogP contribution in [0, 0.1) is 5.92 Å².